The summed E-state index contributed by atoms with van der Waals surface area (Å²) in [5.74, 6) is -0.138. The molecule has 1 amide bonds. The molecular weight excluding hydrogens is 775 g/mol. The average Bonchev–Trinajstić information content (AvgIpc) is 3.29. The highest BCUT2D eigenvalue weighted by molar-refractivity contribution is 5.76. The molecule has 0 spiro atoms. The second kappa shape index (κ2) is 53.7. The molecule has 0 aromatic carbocycles. The van der Waals surface area contributed by atoms with Gasteiger partial charge in [0.05, 0.1) is 18.8 Å². The van der Waals surface area contributed by atoms with E-state index in [0.29, 0.717) is 12.8 Å². The van der Waals surface area contributed by atoms with Gasteiger partial charge in [-0.25, -0.2) is 0 Å². The molecule has 0 saturated heterocycles. The third kappa shape index (κ3) is 48.8. The summed E-state index contributed by atoms with van der Waals surface area (Å²) < 4.78 is 0. The first-order valence-corrected chi connectivity index (χ1v) is 29.0. The predicted octanol–water partition coefficient (Wildman–Crippen LogP) is 17.9. The highest BCUT2D eigenvalue weighted by atomic mass is 16.3. The van der Waals surface area contributed by atoms with Gasteiger partial charge < -0.3 is 20.6 Å². The highest BCUT2D eigenvalue weighted by Crippen LogP contribution is 2.18. The Labute approximate surface area is 395 Å². The molecule has 0 aromatic rings. The molecule has 5 nitrogen and oxygen atoms in total. The summed E-state index contributed by atoms with van der Waals surface area (Å²) in [6.45, 7) is 4.22. The van der Waals surface area contributed by atoms with Crippen LogP contribution in [0.15, 0.2) is 12.2 Å². The number of nitrogens with one attached hydrogen (secondary N) is 1. The maximum atomic E-state index is 12.5. The van der Waals surface area contributed by atoms with E-state index in [1.54, 1.807) is 0 Å². The van der Waals surface area contributed by atoms with Crippen molar-refractivity contribution in [1.29, 1.82) is 0 Å². The van der Waals surface area contributed by atoms with Crippen LogP contribution in [0, 0.1) is 0 Å². The zero-order valence-corrected chi connectivity index (χ0v) is 43.0. The summed E-state index contributed by atoms with van der Waals surface area (Å²) in [7, 11) is 0. The average molecular weight is 891 g/mol. The van der Waals surface area contributed by atoms with E-state index in [2.05, 4.69) is 31.3 Å². The molecule has 0 fully saturated rings. The zero-order valence-electron chi connectivity index (χ0n) is 43.0. The lowest BCUT2D eigenvalue weighted by Crippen LogP contribution is -2.50. The third-order valence-electron chi connectivity index (χ3n) is 13.9. The van der Waals surface area contributed by atoms with Crippen LogP contribution >= 0.6 is 0 Å². The number of hydrogen-bond acceptors (Lipinski definition) is 4. The topological polar surface area (TPSA) is 89.8 Å². The lowest BCUT2D eigenvalue weighted by atomic mass is 9.99. The van der Waals surface area contributed by atoms with Crippen LogP contribution in [0.25, 0.3) is 0 Å². The minimum Gasteiger partial charge on any atom is -0.394 e. The predicted molar refractivity (Wildman–Crippen MR) is 278 cm³/mol. The monoisotopic (exact) mass is 890 g/mol. The number of aliphatic hydroxyl groups excluding tert-OH is 3. The minimum atomic E-state index is -1.13. The standard InChI is InChI=1S/C58H115NO4/c1-3-5-7-9-11-13-15-17-19-21-23-24-25-26-27-28-29-30-31-32-33-35-37-39-41-43-45-47-49-51-53-57(62)59-55(54-60)58(63)56(61)52-50-48-46-44-42-40-38-36-34-22-20-18-16-14-12-10-8-6-4-2/h26-27,55-56,58,60-61,63H,3-25,28-54H2,1-2H3,(H,59,62)/b27-26-. The fourth-order valence-electron chi connectivity index (χ4n) is 9.40. The van der Waals surface area contributed by atoms with Crippen LogP contribution in [0.4, 0.5) is 0 Å². The van der Waals surface area contributed by atoms with Gasteiger partial charge in [-0.2, -0.15) is 0 Å². The first-order chi connectivity index (χ1) is 31.1. The molecule has 5 heteroatoms. The second-order valence-electron chi connectivity index (χ2n) is 20.2. The molecule has 0 aromatic heterocycles. The summed E-state index contributed by atoms with van der Waals surface area (Å²) in [4.78, 5) is 12.5. The Balaban J connectivity index is 3.49. The van der Waals surface area contributed by atoms with Crippen LogP contribution in [-0.4, -0.2) is 46.1 Å². The van der Waals surface area contributed by atoms with E-state index in [1.807, 2.05) is 0 Å². The van der Waals surface area contributed by atoms with Crippen LogP contribution in [0.5, 0.6) is 0 Å². The van der Waals surface area contributed by atoms with Gasteiger partial charge in [-0.15, -0.1) is 0 Å². The lowest BCUT2D eigenvalue weighted by Gasteiger charge is -2.26. The van der Waals surface area contributed by atoms with Gasteiger partial charge in [-0.05, 0) is 38.5 Å². The molecule has 0 aliphatic carbocycles. The summed E-state index contributed by atoms with van der Waals surface area (Å²) >= 11 is 0. The third-order valence-corrected chi connectivity index (χ3v) is 13.9. The van der Waals surface area contributed by atoms with Crippen molar-refractivity contribution in [2.75, 3.05) is 6.61 Å². The zero-order chi connectivity index (χ0) is 45.8. The van der Waals surface area contributed by atoms with Gasteiger partial charge in [0.1, 0.15) is 6.10 Å². The van der Waals surface area contributed by atoms with Crippen LogP contribution < -0.4 is 5.32 Å². The van der Waals surface area contributed by atoms with Crippen molar-refractivity contribution < 1.29 is 20.1 Å². The quantitative estimate of drug-likeness (QED) is 0.0362. The van der Waals surface area contributed by atoms with Gasteiger partial charge in [-0.1, -0.05) is 296 Å². The van der Waals surface area contributed by atoms with Gasteiger partial charge in [0.2, 0.25) is 5.91 Å². The van der Waals surface area contributed by atoms with Crippen molar-refractivity contribution >= 4 is 5.91 Å². The van der Waals surface area contributed by atoms with E-state index in [4.69, 9.17) is 0 Å². The Morgan fingerprint density at radius 2 is 0.635 bits per heavy atom. The number of carbonyl (C=O) groups is 1. The molecule has 0 radical (unpaired) electrons. The van der Waals surface area contributed by atoms with Crippen molar-refractivity contribution in [1.82, 2.24) is 5.32 Å². The van der Waals surface area contributed by atoms with Crippen LogP contribution in [-0.2, 0) is 4.79 Å². The fraction of sp³-hybridized carbons (Fsp3) is 0.948. The molecule has 0 rings (SSSR count). The number of unbranched alkanes of at least 4 members (excludes halogenated alkanes) is 44. The normalized spacial score (nSPS) is 13.3. The maximum absolute atomic E-state index is 12.5. The number of amides is 1. The Bertz CT molecular complexity index is 894. The van der Waals surface area contributed by atoms with Crippen LogP contribution in [0.1, 0.15) is 328 Å². The van der Waals surface area contributed by atoms with Crippen molar-refractivity contribution in [2.24, 2.45) is 0 Å². The van der Waals surface area contributed by atoms with Gasteiger partial charge in [0, 0.05) is 6.42 Å². The summed E-state index contributed by atoms with van der Waals surface area (Å²) in [6, 6.07) is -0.807. The molecule has 0 heterocycles. The number of carbonyl (C=O) groups excluding carboxylic acids is 1. The maximum Gasteiger partial charge on any atom is 0.220 e. The summed E-state index contributed by atoms with van der Waals surface area (Å²) in [6.07, 6.45) is 66.6. The van der Waals surface area contributed by atoms with E-state index >= 15 is 0 Å². The molecule has 63 heavy (non-hydrogen) atoms. The van der Waals surface area contributed by atoms with Gasteiger partial charge in [0.25, 0.3) is 0 Å². The Kier molecular flexibility index (Phi) is 52.9. The van der Waals surface area contributed by atoms with Crippen molar-refractivity contribution in [3.05, 3.63) is 12.2 Å². The van der Waals surface area contributed by atoms with Gasteiger partial charge >= 0.3 is 0 Å². The van der Waals surface area contributed by atoms with Gasteiger partial charge in [-0.3, -0.25) is 4.79 Å². The second-order valence-corrected chi connectivity index (χ2v) is 20.2. The summed E-state index contributed by atoms with van der Waals surface area (Å²) in [5.41, 5.74) is 0. The molecule has 0 aliphatic heterocycles. The summed E-state index contributed by atoms with van der Waals surface area (Å²) in [5, 5.41) is 33.8. The fourth-order valence-corrected chi connectivity index (χ4v) is 9.40. The molecule has 3 atom stereocenters. The van der Waals surface area contributed by atoms with Crippen molar-refractivity contribution in [3.63, 3.8) is 0 Å². The molecule has 376 valence electrons. The molecule has 0 aliphatic rings. The molecular formula is C58H115NO4. The van der Waals surface area contributed by atoms with E-state index in [0.717, 1.165) is 32.1 Å². The van der Waals surface area contributed by atoms with E-state index in [1.165, 1.54) is 270 Å². The Morgan fingerprint density at radius 1 is 0.381 bits per heavy atom. The Morgan fingerprint density at radius 3 is 0.921 bits per heavy atom. The largest absolute Gasteiger partial charge is 0.394 e. The van der Waals surface area contributed by atoms with Crippen molar-refractivity contribution in [2.45, 2.75) is 347 Å². The number of allylic oxidation sites excluding steroid dienone is 2. The number of hydrogen-bond donors (Lipinski definition) is 4. The van der Waals surface area contributed by atoms with E-state index in [-0.39, 0.29) is 12.5 Å². The highest BCUT2D eigenvalue weighted by Gasteiger charge is 2.26. The Hall–Kier alpha value is -0.910. The SMILES string of the molecule is CCCCCCCCCCCCCC/C=C\CCCCCCCCCCCCCCCCC(=O)NC(CO)C(O)C(O)CCCCCCCCCCCCCCCCCCCCC. The van der Waals surface area contributed by atoms with E-state index in [9.17, 15) is 20.1 Å². The number of rotatable bonds is 54. The van der Waals surface area contributed by atoms with E-state index < -0.39 is 18.2 Å². The van der Waals surface area contributed by atoms with Gasteiger partial charge in [0.15, 0.2) is 0 Å². The lowest BCUT2D eigenvalue weighted by molar-refractivity contribution is -0.124. The number of aliphatic hydroxyl groups is 3. The molecule has 4 N–H and O–H groups in total. The van der Waals surface area contributed by atoms with Crippen LogP contribution in [0.3, 0.4) is 0 Å². The molecule has 3 unspecified atom stereocenters. The van der Waals surface area contributed by atoms with Crippen molar-refractivity contribution in [3.8, 4) is 0 Å². The first kappa shape index (κ1) is 62.1. The van der Waals surface area contributed by atoms with Crippen LogP contribution in [0.2, 0.25) is 0 Å². The minimum absolute atomic E-state index is 0.138. The molecule has 0 bridgehead atoms. The smallest absolute Gasteiger partial charge is 0.220 e. The molecule has 0 saturated carbocycles. The first-order valence-electron chi connectivity index (χ1n) is 29.0.